The molecule has 3 heterocycles. The van der Waals surface area contributed by atoms with E-state index in [1.165, 1.54) is 37.6 Å². The maximum Gasteiger partial charge on any atom is 0.272 e. The molecule has 1 aromatic carbocycles. The van der Waals surface area contributed by atoms with Crippen LogP contribution >= 0.6 is 0 Å². The highest BCUT2D eigenvalue weighted by Crippen LogP contribution is 2.31. The number of hydrogen-bond acceptors (Lipinski definition) is 7. The zero-order valence-electron chi connectivity index (χ0n) is 17.0. The molecule has 0 radical (unpaired) electrons. The van der Waals surface area contributed by atoms with Crippen LogP contribution < -0.4 is 20.1 Å². The summed E-state index contributed by atoms with van der Waals surface area (Å²) in [7, 11) is 1.49. The lowest BCUT2D eigenvalue weighted by Crippen LogP contribution is -2.49. The van der Waals surface area contributed by atoms with E-state index in [4.69, 9.17) is 15.2 Å². The second kappa shape index (κ2) is 8.86. The number of carbonyl (C=O) groups is 1. The molecule has 2 N–H and O–H groups in total. The Bertz CT molecular complexity index is 1050. The van der Waals surface area contributed by atoms with Crippen LogP contribution in [0, 0.1) is 5.82 Å². The average molecular weight is 423 g/mol. The van der Waals surface area contributed by atoms with E-state index in [1.54, 1.807) is 23.2 Å². The van der Waals surface area contributed by atoms with Gasteiger partial charge in [-0.3, -0.25) is 4.79 Å². The van der Waals surface area contributed by atoms with E-state index in [-0.39, 0.29) is 17.4 Å². The molecule has 1 fully saturated rings. The fourth-order valence-corrected chi connectivity index (χ4v) is 3.32. The predicted octanol–water partition coefficient (Wildman–Crippen LogP) is 2.96. The first-order valence-electron chi connectivity index (χ1n) is 9.76. The fourth-order valence-electron chi connectivity index (χ4n) is 3.32. The lowest BCUT2D eigenvalue weighted by Gasteiger charge is -2.35. The number of methoxy groups -OCH3 is 1. The molecule has 0 spiro atoms. The number of piperazine rings is 1. The maximum atomic E-state index is 13.1. The third-order valence-corrected chi connectivity index (χ3v) is 5.01. The van der Waals surface area contributed by atoms with Crippen molar-refractivity contribution in [2.24, 2.45) is 0 Å². The van der Waals surface area contributed by atoms with Crippen LogP contribution in [0.5, 0.6) is 17.2 Å². The zero-order chi connectivity index (χ0) is 21.8. The molecule has 4 rings (SSSR count). The Balaban J connectivity index is 1.42. The summed E-state index contributed by atoms with van der Waals surface area (Å²) in [4.78, 5) is 25.2. The minimum absolute atomic E-state index is 0.179. The van der Waals surface area contributed by atoms with E-state index in [1.807, 2.05) is 6.07 Å². The Morgan fingerprint density at radius 2 is 1.74 bits per heavy atom. The number of halogens is 1. The van der Waals surface area contributed by atoms with Crippen molar-refractivity contribution < 1.29 is 18.7 Å². The molecule has 3 aromatic rings. The van der Waals surface area contributed by atoms with E-state index in [0.29, 0.717) is 49.2 Å². The smallest absolute Gasteiger partial charge is 0.272 e. The van der Waals surface area contributed by atoms with Crippen molar-refractivity contribution in [1.29, 1.82) is 0 Å². The van der Waals surface area contributed by atoms with Gasteiger partial charge in [-0.2, -0.15) is 0 Å². The van der Waals surface area contributed by atoms with Crippen molar-refractivity contribution in [2.45, 2.75) is 0 Å². The molecule has 8 nitrogen and oxygen atoms in total. The van der Waals surface area contributed by atoms with Gasteiger partial charge in [-0.05, 0) is 36.4 Å². The van der Waals surface area contributed by atoms with Crippen LogP contribution in [0.15, 0.2) is 54.9 Å². The first-order chi connectivity index (χ1) is 15.0. The second-order valence-corrected chi connectivity index (χ2v) is 7.00. The molecule has 31 heavy (non-hydrogen) atoms. The summed E-state index contributed by atoms with van der Waals surface area (Å²) < 4.78 is 24.2. The van der Waals surface area contributed by atoms with Gasteiger partial charge in [-0.1, -0.05) is 0 Å². The summed E-state index contributed by atoms with van der Waals surface area (Å²) in [5, 5.41) is 0. The molecule has 0 bridgehead atoms. The van der Waals surface area contributed by atoms with Crippen LogP contribution in [-0.4, -0.2) is 54.1 Å². The SMILES string of the molecule is COc1cc(C(=O)N2CCN(c3ccc(N)nc3)CC2)ncc1Oc1ccc(F)cc1. The van der Waals surface area contributed by atoms with Gasteiger partial charge in [0.05, 0.1) is 25.2 Å². The lowest BCUT2D eigenvalue weighted by molar-refractivity contribution is 0.0740. The molecule has 2 aromatic heterocycles. The van der Waals surface area contributed by atoms with Crippen molar-refractivity contribution in [3.05, 3.63) is 66.4 Å². The van der Waals surface area contributed by atoms with Gasteiger partial charge in [0.15, 0.2) is 11.5 Å². The maximum absolute atomic E-state index is 13.1. The van der Waals surface area contributed by atoms with E-state index < -0.39 is 0 Å². The van der Waals surface area contributed by atoms with Gasteiger partial charge in [0, 0.05) is 32.2 Å². The Kier molecular flexibility index (Phi) is 5.83. The van der Waals surface area contributed by atoms with Gasteiger partial charge in [0.25, 0.3) is 5.91 Å². The average Bonchev–Trinajstić information content (AvgIpc) is 2.81. The van der Waals surface area contributed by atoms with Gasteiger partial charge in [-0.15, -0.1) is 0 Å². The first-order valence-corrected chi connectivity index (χ1v) is 9.76. The molecule has 0 saturated carbocycles. The van der Waals surface area contributed by atoms with E-state index in [9.17, 15) is 9.18 Å². The summed E-state index contributed by atoms with van der Waals surface area (Å²) in [5.74, 6) is 1.09. The number of rotatable bonds is 5. The minimum Gasteiger partial charge on any atom is -0.493 e. The van der Waals surface area contributed by atoms with Gasteiger partial charge in [0.1, 0.15) is 23.1 Å². The number of hydrogen-bond donors (Lipinski definition) is 1. The Labute approximate surface area is 179 Å². The van der Waals surface area contributed by atoms with Crippen LogP contribution in [0.2, 0.25) is 0 Å². The summed E-state index contributed by atoms with van der Waals surface area (Å²) in [6.45, 7) is 2.47. The fraction of sp³-hybridized carbons (Fsp3) is 0.227. The Morgan fingerprint density at radius 3 is 2.39 bits per heavy atom. The van der Waals surface area contributed by atoms with Gasteiger partial charge in [-0.25, -0.2) is 14.4 Å². The number of aromatic nitrogens is 2. The summed E-state index contributed by atoms with van der Waals surface area (Å²) >= 11 is 0. The van der Waals surface area contributed by atoms with Gasteiger partial charge >= 0.3 is 0 Å². The molecule has 1 aliphatic rings. The quantitative estimate of drug-likeness (QED) is 0.674. The number of nitrogens with zero attached hydrogens (tertiary/aromatic N) is 4. The number of nitrogens with two attached hydrogens (primary N) is 1. The third kappa shape index (κ3) is 4.66. The van der Waals surface area contributed by atoms with Gasteiger partial charge < -0.3 is 25.0 Å². The highest BCUT2D eigenvalue weighted by Gasteiger charge is 2.24. The molecule has 1 amide bonds. The van der Waals surface area contributed by atoms with Crippen molar-refractivity contribution >= 4 is 17.4 Å². The van der Waals surface area contributed by atoms with Crippen LogP contribution in [0.25, 0.3) is 0 Å². The van der Waals surface area contributed by atoms with E-state index >= 15 is 0 Å². The number of benzene rings is 1. The summed E-state index contributed by atoms with van der Waals surface area (Å²) in [5.41, 5.74) is 6.89. The molecule has 1 aliphatic heterocycles. The predicted molar refractivity (Wildman–Crippen MR) is 114 cm³/mol. The number of pyridine rings is 2. The third-order valence-electron chi connectivity index (χ3n) is 5.01. The van der Waals surface area contributed by atoms with Crippen molar-refractivity contribution in [3.8, 4) is 17.2 Å². The molecule has 9 heteroatoms. The topological polar surface area (TPSA) is 93.8 Å². The normalized spacial score (nSPS) is 13.7. The largest absolute Gasteiger partial charge is 0.493 e. The first kappa shape index (κ1) is 20.4. The molecule has 0 atom stereocenters. The Hall–Kier alpha value is -3.88. The van der Waals surface area contributed by atoms with Crippen molar-refractivity contribution in [2.75, 3.05) is 43.9 Å². The van der Waals surface area contributed by atoms with Crippen molar-refractivity contribution in [1.82, 2.24) is 14.9 Å². The van der Waals surface area contributed by atoms with E-state index in [0.717, 1.165) is 5.69 Å². The number of nitrogen functional groups attached to an aromatic ring is 1. The standard InChI is InChI=1S/C22H22FN5O3/c1-30-19-12-18(25-14-20(19)31-17-5-2-15(23)3-6-17)22(29)28-10-8-27(9-11-28)16-4-7-21(24)26-13-16/h2-7,12-14H,8-11H2,1H3,(H2,24,26). The highest BCUT2D eigenvalue weighted by atomic mass is 19.1. The lowest BCUT2D eigenvalue weighted by atomic mass is 10.2. The van der Waals surface area contributed by atoms with Crippen LogP contribution in [0.4, 0.5) is 15.9 Å². The molecule has 0 unspecified atom stereocenters. The molecule has 0 aliphatic carbocycles. The van der Waals surface area contributed by atoms with Gasteiger partial charge in [0.2, 0.25) is 0 Å². The number of carbonyl (C=O) groups excluding carboxylic acids is 1. The molecular weight excluding hydrogens is 401 g/mol. The number of ether oxygens (including phenoxy) is 2. The monoisotopic (exact) mass is 423 g/mol. The van der Waals surface area contributed by atoms with Crippen molar-refractivity contribution in [3.63, 3.8) is 0 Å². The molecule has 1 saturated heterocycles. The van der Waals surface area contributed by atoms with Crippen LogP contribution in [0.1, 0.15) is 10.5 Å². The second-order valence-electron chi connectivity index (χ2n) is 7.00. The highest BCUT2D eigenvalue weighted by molar-refractivity contribution is 5.93. The van der Waals surface area contributed by atoms with E-state index in [2.05, 4.69) is 14.9 Å². The van der Waals surface area contributed by atoms with Crippen LogP contribution in [0.3, 0.4) is 0 Å². The Morgan fingerprint density at radius 1 is 1.00 bits per heavy atom. The van der Waals surface area contributed by atoms with Crippen LogP contribution in [-0.2, 0) is 0 Å². The summed E-state index contributed by atoms with van der Waals surface area (Å²) in [6.07, 6.45) is 3.17. The molecule has 160 valence electrons. The zero-order valence-corrected chi connectivity index (χ0v) is 17.0. The number of amides is 1. The summed E-state index contributed by atoms with van der Waals surface area (Å²) in [6, 6.07) is 10.8. The molecular formula is C22H22FN5O3. The number of anilines is 2. The minimum atomic E-state index is -0.355.